The Kier molecular flexibility index (Phi) is 6.00. The molecule has 1 fully saturated rings. The number of benzene rings is 2. The van der Waals surface area contributed by atoms with Crippen molar-refractivity contribution < 1.29 is 13.9 Å². The Bertz CT molecular complexity index is 1020. The Morgan fingerprint density at radius 1 is 1.28 bits per heavy atom. The van der Waals surface area contributed by atoms with Gasteiger partial charge in [-0.2, -0.15) is 4.68 Å². The average molecular weight is 432 g/mol. The number of hydrogen-bond donors (Lipinski definition) is 0. The molecule has 4 rings (SSSR count). The van der Waals surface area contributed by atoms with Crippen molar-refractivity contribution in [1.82, 2.24) is 25.1 Å². The highest BCUT2D eigenvalue weighted by atomic mass is 32.2. The number of halogens is 1. The van der Waals surface area contributed by atoms with E-state index in [1.54, 1.807) is 46.7 Å². The van der Waals surface area contributed by atoms with E-state index in [9.17, 15) is 9.18 Å². The van der Waals surface area contributed by atoms with Crippen LogP contribution in [0, 0.1) is 5.82 Å². The van der Waals surface area contributed by atoms with Crippen LogP contribution in [0.2, 0.25) is 0 Å². The molecule has 1 atom stereocenters. The molecule has 3 aromatic rings. The molecule has 2 aromatic carbocycles. The lowest BCUT2D eigenvalue weighted by molar-refractivity contribution is -0.128. The molecule has 1 aliphatic heterocycles. The van der Waals surface area contributed by atoms with Gasteiger partial charge in [0, 0.05) is 17.9 Å². The van der Waals surface area contributed by atoms with Gasteiger partial charge in [0.2, 0.25) is 11.1 Å². The minimum absolute atomic E-state index is 0.0807. The third kappa shape index (κ3) is 4.08. The number of amides is 1. The Morgan fingerprint density at radius 2 is 2.07 bits per heavy atom. The smallest absolute Gasteiger partial charge is 0.234 e. The topological polar surface area (TPSA) is 73.1 Å². The van der Waals surface area contributed by atoms with Crippen molar-refractivity contribution in [2.24, 2.45) is 0 Å². The van der Waals surface area contributed by atoms with Crippen molar-refractivity contribution in [1.29, 1.82) is 0 Å². The largest absolute Gasteiger partial charge is 0.494 e. The predicted molar refractivity (Wildman–Crippen MR) is 110 cm³/mol. The molecule has 0 saturated carbocycles. The van der Waals surface area contributed by atoms with Crippen LogP contribution >= 0.6 is 23.5 Å². The van der Waals surface area contributed by atoms with Crippen LogP contribution in [0.3, 0.4) is 0 Å². The molecular weight excluding hydrogens is 413 g/mol. The quantitative estimate of drug-likeness (QED) is 0.555. The van der Waals surface area contributed by atoms with Crippen molar-refractivity contribution in [2.45, 2.75) is 10.5 Å². The second-order valence-electron chi connectivity index (χ2n) is 6.17. The molecular formula is C19H18FN5O2S2. The van der Waals surface area contributed by atoms with Crippen molar-refractivity contribution >= 4 is 29.4 Å². The normalized spacial score (nSPS) is 16.2. The van der Waals surface area contributed by atoms with Gasteiger partial charge in [0.15, 0.2) is 0 Å². The summed E-state index contributed by atoms with van der Waals surface area (Å²) in [6, 6.07) is 14.0. The van der Waals surface area contributed by atoms with E-state index in [0.29, 0.717) is 28.7 Å². The number of methoxy groups -OCH3 is 1. The Labute approximate surface area is 175 Å². The van der Waals surface area contributed by atoms with E-state index in [0.717, 1.165) is 5.75 Å². The Morgan fingerprint density at radius 3 is 2.90 bits per heavy atom. The third-order valence-electron chi connectivity index (χ3n) is 4.46. The first-order valence-corrected chi connectivity index (χ1v) is 10.9. The van der Waals surface area contributed by atoms with Crippen LogP contribution in [0.15, 0.2) is 53.7 Å². The van der Waals surface area contributed by atoms with Crippen LogP contribution in [0.5, 0.6) is 5.75 Å². The Balaban J connectivity index is 1.48. The summed E-state index contributed by atoms with van der Waals surface area (Å²) in [6.07, 6.45) is 0. The minimum atomic E-state index is -0.311. The van der Waals surface area contributed by atoms with Gasteiger partial charge in [-0.15, -0.1) is 16.9 Å². The highest BCUT2D eigenvalue weighted by molar-refractivity contribution is 8.00. The van der Waals surface area contributed by atoms with E-state index in [1.807, 2.05) is 24.3 Å². The van der Waals surface area contributed by atoms with Crippen LogP contribution in [0.1, 0.15) is 10.9 Å². The highest BCUT2D eigenvalue weighted by Crippen LogP contribution is 2.39. The monoisotopic (exact) mass is 431 g/mol. The molecule has 10 heteroatoms. The molecule has 1 amide bonds. The van der Waals surface area contributed by atoms with E-state index in [2.05, 4.69) is 15.5 Å². The van der Waals surface area contributed by atoms with E-state index in [-0.39, 0.29) is 22.9 Å². The van der Waals surface area contributed by atoms with Crippen molar-refractivity contribution in [3.63, 3.8) is 0 Å². The number of ether oxygens (including phenoxy) is 1. The van der Waals surface area contributed by atoms with Gasteiger partial charge in [0.05, 0.1) is 12.9 Å². The molecule has 1 aliphatic rings. The van der Waals surface area contributed by atoms with Crippen LogP contribution in [0.4, 0.5) is 4.39 Å². The molecule has 0 unspecified atom stereocenters. The van der Waals surface area contributed by atoms with E-state index in [4.69, 9.17) is 4.74 Å². The number of carbonyl (C=O) groups excluding carboxylic acids is 1. The molecule has 0 radical (unpaired) electrons. The maximum absolute atomic E-state index is 14.2. The lowest BCUT2D eigenvalue weighted by atomic mass is 10.2. The van der Waals surface area contributed by atoms with Gasteiger partial charge >= 0.3 is 0 Å². The average Bonchev–Trinajstić information content (AvgIpc) is 3.42. The number of carbonyl (C=O) groups is 1. The van der Waals surface area contributed by atoms with Crippen LogP contribution in [0.25, 0.3) is 5.69 Å². The molecule has 150 valence electrons. The molecule has 0 bridgehead atoms. The maximum atomic E-state index is 14.2. The van der Waals surface area contributed by atoms with Gasteiger partial charge in [-0.3, -0.25) is 4.79 Å². The number of hydrogen-bond acceptors (Lipinski definition) is 7. The first-order chi connectivity index (χ1) is 14.2. The Hall–Kier alpha value is -2.59. The first kappa shape index (κ1) is 19.7. The highest BCUT2D eigenvalue weighted by Gasteiger charge is 2.32. The summed E-state index contributed by atoms with van der Waals surface area (Å²) in [5.74, 6) is 1.18. The second kappa shape index (κ2) is 8.83. The van der Waals surface area contributed by atoms with Gasteiger partial charge < -0.3 is 9.64 Å². The molecule has 1 saturated heterocycles. The lowest BCUT2D eigenvalue weighted by Crippen LogP contribution is -2.32. The molecule has 2 heterocycles. The van der Waals surface area contributed by atoms with Crippen LogP contribution in [-0.4, -0.2) is 56.2 Å². The van der Waals surface area contributed by atoms with Crippen molar-refractivity contribution in [3.8, 4) is 11.4 Å². The number of tetrazole rings is 1. The summed E-state index contributed by atoms with van der Waals surface area (Å²) in [6.45, 7) is 0.584. The number of rotatable bonds is 6. The van der Waals surface area contributed by atoms with Crippen LogP contribution < -0.4 is 4.74 Å². The van der Waals surface area contributed by atoms with E-state index in [1.165, 1.54) is 17.8 Å². The summed E-state index contributed by atoms with van der Waals surface area (Å²) >= 11 is 2.81. The fourth-order valence-electron chi connectivity index (χ4n) is 3.09. The first-order valence-electron chi connectivity index (χ1n) is 8.89. The number of thioether (sulfide) groups is 2. The van der Waals surface area contributed by atoms with E-state index >= 15 is 0 Å². The molecule has 29 heavy (non-hydrogen) atoms. The fourth-order valence-corrected chi connectivity index (χ4v) is 5.16. The summed E-state index contributed by atoms with van der Waals surface area (Å²) < 4.78 is 21.1. The summed E-state index contributed by atoms with van der Waals surface area (Å²) in [7, 11) is 1.58. The van der Waals surface area contributed by atoms with Gasteiger partial charge in [-0.25, -0.2) is 4.39 Å². The zero-order valence-electron chi connectivity index (χ0n) is 15.6. The molecule has 1 aromatic heterocycles. The number of nitrogens with zero attached hydrogens (tertiary/aromatic N) is 5. The van der Waals surface area contributed by atoms with Gasteiger partial charge in [-0.1, -0.05) is 42.1 Å². The van der Waals surface area contributed by atoms with E-state index < -0.39 is 0 Å². The minimum Gasteiger partial charge on any atom is -0.494 e. The standard InChI is InChI=1S/C19H18FN5O2S2/c1-27-16-9-5-4-8-15(16)25-19(21-22-23-25)29-12-17(26)24-10-11-28-18(24)13-6-2-3-7-14(13)20/h2-9,18H,10-12H2,1H3/t18-/m1/s1. The zero-order valence-corrected chi connectivity index (χ0v) is 17.2. The third-order valence-corrected chi connectivity index (χ3v) is 6.61. The fraction of sp³-hybridized carbons (Fsp3) is 0.263. The van der Waals surface area contributed by atoms with Crippen LogP contribution in [-0.2, 0) is 4.79 Å². The SMILES string of the molecule is COc1ccccc1-n1nnnc1SCC(=O)N1CCS[C@@H]1c1ccccc1F. The maximum Gasteiger partial charge on any atom is 0.234 e. The summed E-state index contributed by atoms with van der Waals surface area (Å²) in [5.41, 5.74) is 1.23. The molecule has 0 spiro atoms. The number of aromatic nitrogens is 4. The number of para-hydroxylation sites is 2. The van der Waals surface area contributed by atoms with Gasteiger partial charge in [0.1, 0.15) is 22.6 Å². The summed E-state index contributed by atoms with van der Waals surface area (Å²) in [5, 5.41) is 12.0. The lowest BCUT2D eigenvalue weighted by Gasteiger charge is -2.24. The van der Waals surface area contributed by atoms with Crippen molar-refractivity contribution in [2.75, 3.05) is 25.2 Å². The van der Waals surface area contributed by atoms with Gasteiger partial charge in [0.25, 0.3) is 0 Å². The predicted octanol–water partition coefficient (Wildman–Crippen LogP) is 3.18. The summed E-state index contributed by atoms with van der Waals surface area (Å²) in [4.78, 5) is 14.6. The second-order valence-corrected chi connectivity index (χ2v) is 8.30. The van der Waals surface area contributed by atoms with Gasteiger partial charge in [-0.05, 0) is 28.6 Å². The zero-order chi connectivity index (χ0) is 20.2. The van der Waals surface area contributed by atoms with Crippen molar-refractivity contribution in [3.05, 3.63) is 59.9 Å². The molecule has 7 nitrogen and oxygen atoms in total. The molecule has 0 aliphatic carbocycles. The molecule has 0 N–H and O–H groups in total.